The summed E-state index contributed by atoms with van der Waals surface area (Å²) < 4.78 is 9.81. The van der Waals surface area contributed by atoms with E-state index in [1.165, 1.54) is 22.9 Å². The Kier molecular flexibility index (Phi) is 2.03. The smallest absolute Gasteiger partial charge is 0.193 e. The Hall–Kier alpha value is -0.590. The summed E-state index contributed by atoms with van der Waals surface area (Å²) in [5.41, 5.74) is 0.933. The van der Waals surface area contributed by atoms with Gasteiger partial charge in [-0.15, -0.1) is 16.4 Å². The summed E-state index contributed by atoms with van der Waals surface area (Å²) in [5.74, 6) is 0. The molecule has 6 heteroatoms. The van der Waals surface area contributed by atoms with Crippen molar-refractivity contribution >= 4 is 49.7 Å². The van der Waals surface area contributed by atoms with Crippen LogP contribution in [0.5, 0.6) is 0 Å². The van der Waals surface area contributed by atoms with Crippen LogP contribution >= 0.6 is 35.1 Å². The SMILES string of the molecule is COC(=S)c1csc2nnsc12. The Morgan fingerprint density at radius 2 is 2.50 bits per heavy atom. The predicted octanol–water partition coefficient (Wildman–Crippen LogP) is 2.07. The van der Waals surface area contributed by atoms with Crippen LogP contribution in [0.4, 0.5) is 0 Å². The molecule has 0 saturated heterocycles. The lowest BCUT2D eigenvalue weighted by atomic mass is 10.4. The third-order valence-electron chi connectivity index (χ3n) is 1.40. The Bertz CT molecular complexity index is 419. The lowest BCUT2D eigenvalue weighted by Crippen LogP contribution is -1.96. The van der Waals surface area contributed by atoms with Crippen molar-refractivity contribution in [3.05, 3.63) is 10.9 Å². The van der Waals surface area contributed by atoms with Crippen LogP contribution < -0.4 is 0 Å². The van der Waals surface area contributed by atoms with Gasteiger partial charge in [-0.25, -0.2) is 0 Å². The van der Waals surface area contributed by atoms with Gasteiger partial charge in [-0.1, -0.05) is 4.49 Å². The quantitative estimate of drug-likeness (QED) is 0.684. The van der Waals surface area contributed by atoms with Gasteiger partial charge in [0.1, 0.15) is 0 Å². The zero-order chi connectivity index (χ0) is 8.55. The number of fused-ring (bicyclic) bond motifs is 1. The third kappa shape index (κ3) is 1.12. The van der Waals surface area contributed by atoms with E-state index in [4.69, 9.17) is 17.0 Å². The van der Waals surface area contributed by atoms with Gasteiger partial charge >= 0.3 is 0 Å². The van der Waals surface area contributed by atoms with Crippen LogP contribution in [0, 0.1) is 0 Å². The number of thiocarbonyl (C=S) groups is 1. The standard InChI is InChI=1S/C6H4N2OS3/c1-9-6(10)3-2-11-5-4(3)12-8-7-5/h2H,1H3. The molecular formula is C6H4N2OS3. The molecule has 0 aliphatic heterocycles. The summed E-state index contributed by atoms with van der Waals surface area (Å²) in [5, 5.41) is 6.38. The Morgan fingerprint density at radius 3 is 3.25 bits per heavy atom. The lowest BCUT2D eigenvalue weighted by Gasteiger charge is -1.96. The molecule has 0 N–H and O–H groups in total. The molecule has 0 radical (unpaired) electrons. The van der Waals surface area contributed by atoms with Crippen molar-refractivity contribution in [3.8, 4) is 0 Å². The fraction of sp³-hybridized carbons (Fsp3) is 0.167. The van der Waals surface area contributed by atoms with E-state index in [2.05, 4.69) is 9.59 Å². The lowest BCUT2D eigenvalue weighted by molar-refractivity contribution is 0.416. The third-order valence-corrected chi connectivity index (χ3v) is 3.53. The summed E-state index contributed by atoms with van der Waals surface area (Å²) in [6, 6.07) is 0. The zero-order valence-corrected chi connectivity index (χ0v) is 8.55. The fourth-order valence-electron chi connectivity index (χ4n) is 0.843. The molecule has 0 aromatic carbocycles. The number of hydrogen-bond donors (Lipinski definition) is 0. The maximum Gasteiger partial charge on any atom is 0.193 e. The minimum Gasteiger partial charge on any atom is -0.486 e. The zero-order valence-electron chi connectivity index (χ0n) is 6.10. The second kappa shape index (κ2) is 3.04. The van der Waals surface area contributed by atoms with Gasteiger partial charge in [-0.05, 0) is 23.8 Å². The summed E-state index contributed by atoms with van der Waals surface area (Å²) in [4.78, 5) is 0.925. The minimum atomic E-state index is 0.507. The number of thiophene rings is 1. The highest BCUT2D eigenvalue weighted by molar-refractivity contribution is 7.80. The summed E-state index contributed by atoms with van der Waals surface area (Å²) >= 11 is 7.88. The highest BCUT2D eigenvalue weighted by atomic mass is 32.1. The highest BCUT2D eigenvalue weighted by Crippen LogP contribution is 2.27. The maximum atomic E-state index is 5.00. The molecule has 2 rings (SSSR count). The molecule has 0 amide bonds. The van der Waals surface area contributed by atoms with Crippen molar-refractivity contribution < 1.29 is 4.74 Å². The van der Waals surface area contributed by atoms with Gasteiger partial charge in [0.2, 0.25) is 0 Å². The molecule has 0 fully saturated rings. The van der Waals surface area contributed by atoms with Gasteiger partial charge in [-0.2, -0.15) is 0 Å². The van der Waals surface area contributed by atoms with E-state index in [1.54, 1.807) is 7.11 Å². The first kappa shape index (κ1) is 8.03. The van der Waals surface area contributed by atoms with Gasteiger partial charge in [-0.3, -0.25) is 0 Å². The van der Waals surface area contributed by atoms with Crippen LogP contribution in [-0.2, 0) is 4.74 Å². The molecule has 0 saturated carbocycles. The maximum absolute atomic E-state index is 5.00. The number of aromatic nitrogens is 2. The average molecular weight is 216 g/mol. The van der Waals surface area contributed by atoms with Gasteiger partial charge in [0.15, 0.2) is 9.88 Å². The second-order valence-corrected chi connectivity index (χ2v) is 4.03. The Labute approximate surface area is 82.1 Å². The van der Waals surface area contributed by atoms with E-state index in [1.807, 2.05) is 5.38 Å². The largest absolute Gasteiger partial charge is 0.486 e. The first-order valence-corrected chi connectivity index (χ1v) is 5.17. The van der Waals surface area contributed by atoms with Crippen molar-refractivity contribution in [1.29, 1.82) is 0 Å². The van der Waals surface area contributed by atoms with Crippen molar-refractivity contribution in [3.63, 3.8) is 0 Å². The molecular weight excluding hydrogens is 212 g/mol. The van der Waals surface area contributed by atoms with E-state index in [9.17, 15) is 0 Å². The van der Waals surface area contributed by atoms with Crippen LogP contribution in [0.3, 0.4) is 0 Å². The second-order valence-electron chi connectivity index (χ2n) is 2.05. The van der Waals surface area contributed by atoms with Crippen molar-refractivity contribution in [2.75, 3.05) is 7.11 Å². The molecule has 2 aromatic rings. The summed E-state index contributed by atoms with van der Waals surface area (Å²) in [6.07, 6.45) is 0. The number of nitrogens with zero attached hydrogens (tertiary/aromatic N) is 2. The molecule has 0 atom stereocenters. The van der Waals surface area contributed by atoms with Crippen LogP contribution in [0.15, 0.2) is 5.38 Å². The van der Waals surface area contributed by atoms with Crippen LogP contribution in [0.25, 0.3) is 9.53 Å². The van der Waals surface area contributed by atoms with Crippen molar-refractivity contribution in [1.82, 2.24) is 9.59 Å². The van der Waals surface area contributed by atoms with E-state index in [-0.39, 0.29) is 0 Å². The van der Waals surface area contributed by atoms with E-state index >= 15 is 0 Å². The molecule has 3 nitrogen and oxygen atoms in total. The normalized spacial score (nSPS) is 10.4. The molecule has 0 aliphatic rings. The molecule has 0 spiro atoms. The van der Waals surface area contributed by atoms with Crippen molar-refractivity contribution in [2.45, 2.75) is 0 Å². The Balaban J connectivity index is 2.61. The first-order chi connectivity index (χ1) is 5.83. The first-order valence-electron chi connectivity index (χ1n) is 3.11. The van der Waals surface area contributed by atoms with Gasteiger partial charge in [0.05, 0.1) is 17.4 Å². The van der Waals surface area contributed by atoms with Gasteiger partial charge in [0.25, 0.3) is 0 Å². The summed E-state index contributed by atoms with van der Waals surface area (Å²) in [7, 11) is 1.57. The molecule has 0 bridgehead atoms. The summed E-state index contributed by atoms with van der Waals surface area (Å²) in [6.45, 7) is 0. The van der Waals surface area contributed by atoms with Crippen LogP contribution in [0.2, 0.25) is 0 Å². The fourth-order valence-corrected chi connectivity index (χ4v) is 2.86. The van der Waals surface area contributed by atoms with E-state index < -0.39 is 0 Å². The molecule has 0 aliphatic carbocycles. The van der Waals surface area contributed by atoms with Crippen LogP contribution in [0.1, 0.15) is 5.56 Å². The average Bonchev–Trinajstić information content (AvgIpc) is 2.62. The van der Waals surface area contributed by atoms with E-state index in [0.717, 1.165) is 15.1 Å². The molecule has 2 aromatic heterocycles. The molecule has 62 valence electrons. The molecule has 12 heavy (non-hydrogen) atoms. The monoisotopic (exact) mass is 216 g/mol. The highest BCUT2D eigenvalue weighted by Gasteiger charge is 2.11. The van der Waals surface area contributed by atoms with Crippen LogP contribution in [-0.4, -0.2) is 21.7 Å². The minimum absolute atomic E-state index is 0.507. The number of ether oxygens (including phenoxy) is 1. The van der Waals surface area contributed by atoms with Crippen molar-refractivity contribution in [2.24, 2.45) is 0 Å². The topological polar surface area (TPSA) is 35.0 Å². The van der Waals surface area contributed by atoms with Gasteiger partial charge in [0, 0.05) is 5.38 Å². The van der Waals surface area contributed by atoms with Gasteiger partial charge < -0.3 is 4.74 Å². The predicted molar refractivity (Wildman–Crippen MR) is 54.0 cm³/mol. The molecule has 2 heterocycles. The number of methoxy groups -OCH3 is 1. The van der Waals surface area contributed by atoms with E-state index in [0.29, 0.717) is 5.05 Å². The Morgan fingerprint density at radius 1 is 1.67 bits per heavy atom. The molecule has 0 unspecified atom stereocenters. The number of hydrogen-bond acceptors (Lipinski definition) is 6. The number of rotatable bonds is 1.